The minimum Gasteiger partial charge on any atom is -0.288 e. The van der Waals surface area contributed by atoms with Crippen LogP contribution in [0.1, 0.15) is 86.9 Å². The monoisotopic (exact) mass is 502 g/mol. The van der Waals surface area contributed by atoms with Crippen LogP contribution in [0.4, 0.5) is 0 Å². The molecule has 0 radical (unpaired) electrons. The molecule has 4 amide bonds. The zero-order valence-corrected chi connectivity index (χ0v) is 21.1. The zero-order chi connectivity index (χ0) is 26.1. The number of nitrogens with one attached hydrogen (secondary N) is 1. The summed E-state index contributed by atoms with van der Waals surface area (Å²) in [5, 5.41) is 9.11. The number of unbranched alkanes of at least 4 members (excludes halogenated alkanes) is 5. The summed E-state index contributed by atoms with van der Waals surface area (Å²) in [6.07, 6.45) is 6.50. The van der Waals surface area contributed by atoms with Gasteiger partial charge in [0.1, 0.15) is 0 Å². The highest BCUT2D eigenvalue weighted by Gasteiger charge is 2.34. The van der Waals surface area contributed by atoms with E-state index in [9.17, 15) is 19.2 Å². The van der Waals surface area contributed by atoms with Crippen LogP contribution in [-0.4, -0.2) is 35.1 Å². The minimum atomic E-state index is -0.399. The highest BCUT2D eigenvalue weighted by Crippen LogP contribution is 2.45. The molecule has 6 nitrogen and oxygen atoms in total. The Balaban J connectivity index is 1.41. The molecule has 0 saturated heterocycles. The van der Waals surface area contributed by atoms with Crippen molar-refractivity contribution in [2.45, 2.75) is 45.4 Å². The zero-order valence-electron chi connectivity index (χ0n) is 21.1. The van der Waals surface area contributed by atoms with Crippen LogP contribution in [0.5, 0.6) is 0 Å². The highest BCUT2D eigenvalue weighted by molar-refractivity contribution is 6.41. The van der Waals surface area contributed by atoms with Gasteiger partial charge in [-0.3, -0.25) is 29.4 Å². The Kier molecular flexibility index (Phi) is 5.02. The summed E-state index contributed by atoms with van der Waals surface area (Å²) in [4.78, 5) is 53.8. The lowest BCUT2D eigenvalue weighted by Gasteiger charge is -2.29. The molecule has 0 bridgehead atoms. The first-order valence-corrected chi connectivity index (χ1v) is 13.4. The second-order valence-corrected chi connectivity index (χ2v) is 10.5. The summed E-state index contributed by atoms with van der Waals surface area (Å²) in [5.74, 6) is -1.27. The van der Waals surface area contributed by atoms with Crippen LogP contribution in [0.15, 0.2) is 48.5 Å². The summed E-state index contributed by atoms with van der Waals surface area (Å²) >= 11 is 0. The fourth-order valence-electron chi connectivity index (χ4n) is 6.50. The van der Waals surface area contributed by atoms with E-state index in [4.69, 9.17) is 0 Å². The third-order valence-electron chi connectivity index (χ3n) is 8.30. The third-order valence-corrected chi connectivity index (χ3v) is 8.30. The van der Waals surface area contributed by atoms with Crippen LogP contribution in [0.25, 0.3) is 43.1 Å². The molecule has 5 aromatic carbocycles. The van der Waals surface area contributed by atoms with Crippen molar-refractivity contribution in [1.82, 2.24) is 10.2 Å². The van der Waals surface area contributed by atoms with Gasteiger partial charge in [0, 0.05) is 39.6 Å². The first kappa shape index (κ1) is 22.8. The van der Waals surface area contributed by atoms with Crippen molar-refractivity contribution in [3.8, 4) is 0 Å². The second kappa shape index (κ2) is 8.35. The molecule has 7 rings (SSSR count). The summed E-state index contributed by atoms with van der Waals surface area (Å²) in [6.45, 7) is 2.61. The van der Waals surface area contributed by atoms with E-state index < -0.39 is 11.8 Å². The number of carbonyl (C=O) groups is 4. The van der Waals surface area contributed by atoms with E-state index in [0.717, 1.165) is 51.6 Å². The molecule has 2 aliphatic heterocycles. The molecule has 6 heteroatoms. The molecule has 2 heterocycles. The summed E-state index contributed by atoms with van der Waals surface area (Å²) in [5.41, 5.74) is 2.06. The fourth-order valence-corrected chi connectivity index (χ4v) is 6.50. The van der Waals surface area contributed by atoms with Gasteiger partial charge in [-0.25, -0.2) is 0 Å². The molecule has 0 aromatic heterocycles. The van der Waals surface area contributed by atoms with E-state index in [-0.39, 0.29) is 11.8 Å². The van der Waals surface area contributed by atoms with Crippen LogP contribution >= 0.6 is 0 Å². The van der Waals surface area contributed by atoms with Gasteiger partial charge in [0.2, 0.25) is 0 Å². The van der Waals surface area contributed by atoms with Crippen molar-refractivity contribution in [2.75, 3.05) is 6.54 Å². The summed E-state index contributed by atoms with van der Waals surface area (Å²) in [6, 6.07) is 14.9. The molecule has 0 aliphatic carbocycles. The van der Waals surface area contributed by atoms with Crippen molar-refractivity contribution >= 4 is 66.7 Å². The van der Waals surface area contributed by atoms with Crippen molar-refractivity contribution in [1.29, 1.82) is 0 Å². The maximum atomic E-state index is 13.6. The maximum Gasteiger partial charge on any atom is 0.261 e. The molecule has 2 aliphatic rings. The Morgan fingerprint density at radius 2 is 0.947 bits per heavy atom. The van der Waals surface area contributed by atoms with Gasteiger partial charge in [-0.05, 0) is 63.0 Å². The van der Waals surface area contributed by atoms with Crippen LogP contribution in [0, 0.1) is 0 Å². The summed E-state index contributed by atoms with van der Waals surface area (Å²) < 4.78 is 0. The number of hydrogen-bond donors (Lipinski definition) is 1. The summed E-state index contributed by atoms with van der Waals surface area (Å²) in [7, 11) is 0. The normalized spacial score (nSPS) is 15.0. The van der Waals surface area contributed by atoms with Crippen molar-refractivity contribution in [3.63, 3.8) is 0 Å². The average Bonchev–Trinajstić information content (AvgIpc) is 2.93. The van der Waals surface area contributed by atoms with Crippen molar-refractivity contribution in [3.05, 3.63) is 70.8 Å². The SMILES string of the molecule is CCCCCCCCN1C(=O)c2ccc3c4ccc5c6c(ccc(c7ccc(c2c37)C1=O)c64)C(=O)NC5=O. The standard InChI is InChI=1S/C32H26N2O4/c1-2-3-4-5-6-7-16-34-31(37)23-14-10-19-17-8-12-21-27-22(30(36)33-29(21)35)13-9-18(25(17)27)20-11-15-24(32(34)38)28(23)26(19)20/h8-15H,2-7,16H2,1H3,(H,33,35,36). The molecular formula is C32H26N2O4. The molecule has 0 atom stereocenters. The number of hydrogen-bond acceptors (Lipinski definition) is 4. The number of carbonyl (C=O) groups excluding carboxylic acids is 4. The first-order valence-electron chi connectivity index (χ1n) is 13.4. The minimum absolute atomic E-state index is 0.238. The lowest BCUT2D eigenvalue weighted by molar-refractivity contribution is 0.0606. The molecule has 5 aromatic rings. The number of fused-ring (bicyclic) bond motifs is 2. The molecule has 0 fully saturated rings. The predicted molar refractivity (Wildman–Crippen MR) is 148 cm³/mol. The van der Waals surface area contributed by atoms with Gasteiger partial charge < -0.3 is 0 Å². The van der Waals surface area contributed by atoms with Crippen LogP contribution in [-0.2, 0) is 0 Å². The Labute approximate surface area is 218 Å². The number of nitrogens with zero attached hydrogens (tertiary/aromatic N) is 1. The predicted octanol–water partition coefficient (Wildman–Crippen LogP) is 6.58. The quantitative estimate of drug-likeness (QED) is 0.118. The van der Waals surface area contributed by atoms with Crippen LogP contribution < -0.4 is 5.32 Å². The van der Waals surface area contributed by atoms with E-state index in [1.54, 1.807) is 12.1 Å². The van der Waals surface area contributed by atoms with Gasteiger partial charge in [-0.15, -0.1) is 0 Å². The van der Waals surface area contributed by atoms with Gasteiger partial charge >= 0.3 is 0 Å². The molecule has 1 N–H and O–H groups in total. The van der Waals surface area contributed by atoms with E-state index in [1.807, 2.05) is 36.4 Å². The van der Waals surface area contributed by atoms with Crippen molar-refractivity contribution < 1.29 is 19.2 Å². The Hall–Kier alpha value is -4.32. The third kappa shape index (κ3) is 3.00. The second-order valence-electron chi connectivity index (χ2n) is 10.5. The number of benzene rings is 5. The Morgan fingerprint density at radius 1 is 0.526 bits per heavy atom. The molecule has 188 valence electrons. The fraction of sp³-hybridized carbons (Fsp3) is 0.250. The Morgan fingerprint density at radius 3 is 1.45 bits per heavy atom. The highest BCUT2D eigenvalue weighted by atomic mass is 16.2. The van der Waals surface area contributed by atoms with Gasteiger partial charge in [0.05, 0.1) is 0 Å². The number of amides is 4. The number of imide groups is 2. The average molecular weight is 503 g/mol. The van der Waals surface area contributed by atoms with Crippen molar-refractivity contribution in [2.24, 2.45) is 0 Å². The Bertz CT molecular complexity index is 1750. The lowest BCUT2D eigenvalue weighted by Crippen LogP contribution is -2.40. The van der Waals surface area contributed by atoms with E-state index >= 15 is 0 Å². The van der Waals surface area contributed by atoms with Gasteiger partial charge in [0.25, 0.3) is 23.6 Å². The van der Waals surface area contributed by atoms with Gasteiger partial charge in [-0.1, -0.05) is 63.3 Å². The van der Waals surface area contributed by atoms with E-state index in [2.05, 4.69) is 12.2 Å². The molecular weight excluding hydrogens is 476 g/mol. The molecule has 38 heavy (non-hydrogen) atoms. The van der Waals surface area contributed by atoms with Crippen LogP contribution in [0.2, 0.25) is 0 Å². The number of rotatable bonds is 7. The maximum absolute atomic E-state index is 13.6. The smallest absolute Gasteiger partial charge is 0.261 e. The molecule has 0 saturated carbocycles. The van der Waals surface area contributed by atoms with E-state index in [0.29, 0.717) is 39.6 Å². The first-order chi connectivity index (χ1) is 18.5. The topological polar surface area (TPSA) is 83.6 Å². The molecule has 0 spiro atoms. The van der Waals surface area contributed by atoms with Gasteiger partial charge in [0.15, 0.2) is 0 Å². The lowest BCUT2D eigenvalue weighted by atomic mass is 9.82. The largest absolute Gasteiger partial charge is 0.288 e. The van der Waals surface area contributed by atoms with Gasteiger partial charge in [-0.2, -0.15) is 0 Å². The van der Waals surface area contributed by atoms with E-state index in [1.165, 1.54) is 24.2 Å². The molecule has 0 unspecified atom stereocenters. The van der Waals surface area contributed by atoms with Crippen LogP contribution in [0.3, 0.4) is 0 Å².